The highest BCUT2D eigenvalue weighted by atomic mass is 16.5. The minimum atomic E-state index is -0.175. The van der Waals surface area contributed by atoms with E-state index in [1.54, 1.807) is 5.57 Å². The van der Waals surface area contributed by atoms with Gasteiger partial charge in [-0.3, -0.25) is 4.79 Å². The van der Waals surface area contributed by atoms with Gasteiger partial charge in [-0.05, 0) is 86.4 Å². The number of rotatable bonds is 2. The van der Waals surface area contributed by atoms with Crippen molar-refractivity contribution in [2.75, 3.05) is 0 Å². The molecule has 146 valence electrons. The van der Waals surface area contributed by atoms with Crippen LogP contribution in [0.2, 0.25) is 0 Å². The quantitative estimate of drug-likeness (QED) is 0.564. The first-order valence-electron chi connectivity index (χ1n) is 10.8. The van der Waals surface area contributed by atoms with Gasteiger partial charge in [0, 0.05) is 13.3 Å². The number of hydrogen-bond acceptors (Lipinski definition) is 3. The average molecular weight is 361 g/mol. The number of aliphatic hydroxyl groups is 1. The molecule has 0 aromatic heterocycles. The van der Waals surface area contributed by atoms with Gasteiger partial charge in [-0.2, -0.15) is 0 Å². The van der Waals surface area contributed by atoms with Crippen molar-refractivity contribution in [3.8, 4) is 0 Å². The molecule has 8 atom stereocenters. The third kappa shape index (κ3) is 2.68. The van der Waals surface area contributed by atoms with Gasteiger partial charge < -0.3 is 9.84 Å². The molecule has 4 aliphatic carbocycles. The number of carbonyl (C=O) groups excluding carboxylic acids is 1. The zero-order chi connectivity index (χ0) is 18.7. The number of aliphatic hydroxyl groups excluding tert-OH is 1. The molecule has 0 aromatic rings. The lowest BCUT2D eigenvalue weighted by Gasteiger charge is -2.58. The summed E-state index contributed by atoms with van der Waals surface area (Å²) in [5.41, 5.74) is 2.18. The molecule has 1 unspecified atom stereocenters. The number of allylic oxidation sites excluding steroid dienone is 1. The van der Waals surface area contributed by atoms with Crippen molar-refractivity contribution in [2.45, 2.75) is 91.3 Å². The number of hydrogen-bond donors (Lipinski definition) is 1. The van der Waals surface area contributed by atoms with Crippen LogP contribution in [0, 0.1) is 34.5 Å². The molecule has 1 N–H and O–H groups in total. The molecular formula is C23H36O3. The van der Waals surface area contributed by atoms with Crippen LogP contribution in [-0.2, 0) is 9.53 Å². The van der Waals surface area contributed by atoms with Crippen molar-refractivity contribution in [1.29, 1.82) is 0 Å². The van der Waals surface area contributed by atoms with Crippen molar-refractivity contribution in [3.63, 3.8) is 0 Å². The summed E-state index contributed by atoms with van der Waals surface area (Å²) in [5.74, 6) is 2.65. The van der Waals surface area contributed by atoms with Crippen LogP contribution < -0.4 is 0 Å². The highest BCUT2D eigenvalue weighted by Crippen LogP contribution is 2.66. The van der Waals surface area contributed by atoms with Crippen LogP contribution in [-0.4, -0.2) is 23.3 Å². The van der Waals surface area contributed by atoms with E-state index in [9.17, 15) is 9.90 Å². The van der Waals surface area contributed by atoms with E-state index in [1.165, 1.54) is 39.0 Å². The summed E-state index contributed by atoms with van der Waals surface area (Å²) in [7, 11) is 0. The molecule has 3 fully saturated rings. The fourth-order valence-corrected chi connectivity index (χ4v) is 7.80. The number of esters is 1. The standard InChI is InChI=1S/C23H36O3/c1-14(24)19-7-8-20-18-6-5-16-13-17(26-15(2)25)9-11-22(16,3)21(18)10-12-23(19,20)4/h5,14,17-21,24H,6-13H2,1-4H3/t14?,17-,18-,19+,20-,21-,22-,23+/m0/s1. The predicted molar refractivity (Wildman–Crippen MR) is 102 cm³/mol. The number of carbonyl (C=O) groups is 1. The molecular weight excluding hydrogens is 324 g/mol. The van der Waals surface area contributed by atoms with E-state index < -0.39 is 0 Å². The molecule has 0 saturated heterocycles. The second-order valence-electron chi connectivity index (χ2n) is 10.2. The van der Waals surface area contributed by atoms with Gasteiger partial charge in [0.1, 0.15) is 6.10 Å². The molecule has 3 nitrogen and oxygen atoms in total. The summed E-state index contributed by atoms with van der Waals surface area (Å²) >= 11 is 0. The molecule has 3 heteroatoms. The molecule has 4 rings (SSSR count). The van der Waals surface area contributed by atoms with Crippen LogP contribution in [0.5, 0.6) is 0 Å². The smallest absolute Gasteiger partial charge is 0.302 e. The Hall–Kier alpha value is -0.830. The lowest BCUT2D eigenvalue weighted by Crippen LogP contribution is -2.51. The van der Waals surface area contributed by atoms with E-state index in [4.69, 9.17) is 4.74 Å². The third-order valence-electron chi connectivity index (χ3n) is 9.05. The maximum atomic E-state index is 11.4. The molecule has 4 aliphatic rings. The maximum absolute atomic E-state index is 11.4. The van der Waals surface area contributed by atoms with Gasteiger partial charge in [-0.25, -0.2) is 0 Å². The Labute approximate surface area is 158 Å². The molecule has 0 radical (unpaired) electrons. The van der Waals surface area contributed by atoms with E-state index in [1.807, 2.05) is 6.92 Å². The molecule has 0 bridgehead atoms. The Kier molecular flexibility index (Phi) is 4.53. The van der Waals surface area contributed by atoms with Crippen molar-refractivity contribution in [2.24, 2.45) is 34.5 Å². The van der Waals surface area contributed by atoms with Crippen LogP contribution in [0.4, 0.5) is 0 Å². The monoisotopic (exact) mass is 360 g/mol. The first kappa shape index (κ1) is 18.5. The second-order valence-corrected chi connectivity index (χ2v) is 10.2. The van der Waals surface area contributed by atoms with Crippen LogP contribution in [0.25, 0.3) is 0 Å². The SMILES string of the molecule is CC(=O)O[C@H]1CC[C@@]2(C)C(=CC[C@H]3[C@@H]4CC[C@H](C(C)O)[C@@]4(C)CC[C@@H]32)C1. The molecule has 0 spiro atoms. The summed E-state index contributed by atoms with van der Waals surface area (Å²) < 4.78 is 5.54. The molecule has 26 heavy (non-hydrogen) atoms. The number of fused-ring (bicyclic) bond motifs is 5. The van der Waals surface area contributed by atoms with Crippen molar-refractivity contribution < 1.29 is 14.6 Å². The Morgan fingerprint density at radius 3 is 2.65 bits per heavy atom. The topological polar surface area (TPSA) is 46.5 Å². The Bertz CT molecular complexity index is 609. The Balaban J connectivity index is 1.58. The summed E-state index contributed by atoms with van der Waals surface area (Å²) in [5, 5.41) is 10.3. The lowest BCUT2D eigenvalue weighted by atomic mass is 9.47. The van der Waals surface area contributed by atoms with Gasteiger partial charge in [0.05, 0.1) is 6.10 Å². The van der Waals surface area contributed by atoms with Gasteiger partial charge in [0.25, 0.3) is 0 Å². The van der Waals surface area contributed by atoms with E-state index in [2.05, 4.69) is 19.9 Å². The van der Waals surface area contributed by atoms with Crippen molar-refractivity contribution in [3.05, 3.63) is 11.6 Å². The number of ether oxygens (including phenoxy) is 1. The molecule has 0 aliphatic heterocycles. The summed E-state index contributed by atoms with van der Waals surface area (Å²) in [6, 6.07) is 0. The predicted octanol–water partition coefficient (Wildman–Crippen LogP) is 4.88. The second kappa shape index (κ2) is 6.36. The zero-order valence-electron chi connectivity index (χ0n) is 17.0. The fourth-order valence-electron chi connectivity index (χ4n) is 7.80. The van der Waals surface area contributed by atoms with Gasteiger partial charge in [0.15, 0.2) is 0 Å². The average Bonchev–Trinajstić information content (AvgIpc) is 2.92. The summed E-state index contributed by atoms with van der Waals surface area (Å²) in [4.78, 5) is 11.4. The summed E-state index contributed by atoms with van der Waals surface area (Å²) in [6.07, 6.45) is 11.8. The van der Waals surface area contributed by atoms with Crippen molar-refractivity contribution >= 4 is 5.97 Å². The van der Waals surface area contributed by atoms with Crippen LogP contribution >= 0.6 is 0 Å². The minimum absolute atomic E-state index is 0.0864. The van der Waals surface area contributed by atoms with Gasteiger partial charge >= 0.3 is 5.97 Å². The lowest BCUT2D eigenvalue weighted by molar-refractivity contribution is -0.148. The first-order valence-corrected chi connectivity index (χ1v) is 10.8. The van der Waals surface area contributed by atoms with Crippen LogP contribution in [0.1, 0.15) is 79.1 Å². The fraction of sp³-hybridized carbons (Fsp3) is 0.870. The van der Waals surface area contributed by atoms with Gasteiger partial charge in [-0.1, -0.05) is 25.5 Å². The molecule has 0 heterocycles. The van der Waals surface area contributed by atoms with Gasteiger partial charge in [0.2, 0.25) is 0 Å². The van der Waals surface area contributed by atoms with Crippen LogP contribution in [0.15, 0.2) is 11.6 Å². The normalized spacial score (nSPS) is 48.7. The Morgan fingerprint density at radius 1 is 1.19 bits per heavy atom. The highest BCUT2D eigenvalue weighted by molar-refractivity contribution is 5.66. The van der Waals surface area contributed by atoms with E-state index in [0.29, 0.717) is 16.7 Å². The minimum Gasteiger partial charge on any atom is -0.462 e. The van der Waals surface area contributed by atoms with Crippen LogP contribution in [0.3, 0.4) is 0 Å². The van der Waals surface area contributed by atoms with E-state index >= 15 is 0 Å². The molecule has 0 aromatic carbocycles. The largest absolute Gasteiger partial charge is 0.462 e. The Morgan fingerprint density at radius 2 is 1.96 bits per heavy atom. The van der Waals surface area contributed by atoms with E-state index in [-0.39, 0.29) is 18.2 Å². The maximum Gasteiger partial charge on any atom is 0.302 e. The van der Waals surface area contributed by atoms with Crippen molar-refractivity contribution in [1.82, 2.24) is 0 Å². The molecule has 3 saturated carbocycles. The first-order chi connectivity index (χ1) is 12.3. The zero-order valence-corrected chi connectivity index (χ0v) is 17.0. The molecule has 0 amide bonds. The summed E-state index contributed by atoms with van der Waals surface area (Å²) in [6.45, 7) is 8.49. The van der Waals surface area contributed by atoms with E-state index in [0.717, 1.165) is 37.0 Å². The third-order valence-corrected chi connectivity index (χ3v) is 9.05. The van der Waals surface area contributed by atoms with Gasteiger partial charge in [-0.15, -0.1) is 0 Å². The highest BCUT2D eigenvalue weighted by Gasteiger charge is 2.59.